The molecule has 0 atom stereocenters. The van der Waals surface area contributed by atoms with Crippen LogP contribution in [0.2, 0.25) is 10.0 Å². The summed E-state index contributed by atoms with van der Waals surface area (Å²) in [5.74, 6) is -0.558. The lowest BCUT2D eigenvalue weighted by Crippen LogP contribution is -2.04. The van der Waals surface area contributed by atoms with Crippen LogP contribution in [0.25, 0.3) is 21.9 Å². The number of benzene rings is 3. The fraction of sp³-hybridized carbons (Fsp3) is 0. The normalized spacial score (nSPS) is 11.5. The van der Waals surface area contributed by atoms with E-state index in [0.717, 1.165) is 6.07 Å². The minimum absolute atomic E-state index is 0.00298. The average molecular weight is 415 g/mol. The lowest BCUT2D eigenvalue weighted by molar-refractivity contribution is 0.453. The van der Waals surface area contributed by atoms with Gasteiger partial charge in [-0.15, -0.1) is 0 Å². The number of nitrogens with zero attached hydrogens (tertiary/aromatic N) is 1. The Kier molecular flexibility index (Phi) is 4.58. The molecule has 1 heterocycles. The van der Waals surface area contributed by atoms with Gasteiger partial charge in [-0.2, -0.15) is 5.10 Å². The number of phenols is 2. The summed E-state index contributed by atoms with van der Waals surface area (Å²) in [6.45, 7) is 0. The predicted octanol–water partition coefficient (Wildman–Crippen LogP) is 5.11. The Morgan fingerprint density at radius 1 is 1.07 bits per heavy atom. The predicted molar refractivity (Wildman–Crippen MR) is 111 cm³/mol. The van der Waals surface area contributed by atoms with Crippen molar-refractivity contribution in [1.29, 1.82) is 0 Å². The quantitative estimate of drug-likeness (QED) is 0.246. The van der Waals surface area contributed by atoms with E-state index in [-0.39, 0.29) is 33.4 Å². The number of halogens is 2. The van der Waals surface area contributed by atoms with Crippen LogP contribution in [0.3, 0.4) is 0 Å². The number of fused-ring (bicyclic) bond motifs is 2. The number of hydrazone groups is 1. The molecule has 140 valence electrons. The Bertz CT molecular complexity index is 1320. The van der Waals surface area contributed by atoms with E-state index in [1.165, 1.54) is 12.3 Å². The summed E-state index contributed by atoms with van der Waals surface area (Å²) >= 11 is 12.0. The lowest BCUT2D eigenvalue weighted by Gasteiger charge is -2.06. The first-order valence-electron chi connectivity index (χ1n) is 8.09. The molecular formula is C20H12Cl2N2O4. The van der Waals surface area contributed by atoms with Crippen LogP contribution in [-0.4, -0.2) is 16.4 Å². The highest BCUT2D eigenvalue weighted by atomic mass is 35.5. The first kappa shape index (κ1) is 18.2. The number of para-hydroxylation sites is 1. The van der Waals surface area contributed by atoms with Gasteiger partial charge in [0.25, 0.3) is 0 Å². The van der Waals surface area contributed by atoms with Crippen LogP contribution < -0.4 is 10.9 Å². The van der Waals surface area contributed by atoms with Crippen molar-refractivity contribution in [2.75, 3.05) is 5.43 Å². The Morgan fingerprint density at radius 3 is 2.71 bits per heavy atom. The minimum atomic E-state index is -0.408. The molecule has 3 N–H and O–H groups in total. The van der Waals surface area contributed by atoms with Crippen LogP contribution in [0.4, 0.5) is 5.69 Å². The molecule has 0 aliphatic rings. The summed E-state index contributed by atoms with van der Waals surface area (Å²) in [4.78, 5) is 12.8. The maximum atomic E-state index is 12.8. The molecule has 0 saturated carbocycles. The molecule has 4 aromatic rings. The van der Waals surface area contributed by atoms with Gasteiger partial charge >= 0.3 is 0 Å². The van der Waals surface area contributed by atoms with E-state index in [1.807, 2.05) is 0 Å². The summed E-state index contributed by atoms with van der Waals surface area (Å²) in [5, 5.41) is 25.0. The lowest BCUT2D eigenvalue weighted by atomic mass is 10.1. The van der Waals surface area contributed by atoms with Gasteiger partial charge < -0.3 is 14.6 Å². The maximum absolute atomic E-state index is 12.8. The van der Waals surface area contributed by atoms with E-state index in [2.05, 4.69) is 10.5 Å². The van der Waals surface area contributed by atoms with Gasteiger partial charge in [0.05, 0.1) is 22.3 Å². The van der Waals surface area contributed by atoms with Crippen molar-refractivity contribution in [3.05, 3.63) is 74.4 Å². The van der Waals surface area contributed by atoms with E-state index in [4.69, 9.17) is 27.6 Å². The summed E-state index contributed by atoms with van der Waals surface area (Å²) in [6, 6.07) is 12.3. The second-order valence-corrected chi connectivity index (χ2v) is 6.83. The molecule has 28 heavy (non-hydrogen) atoms. The maximum Gasteiger partial charge on any atom is 0.204 e. The van der Waals surface area contributed by atoms with Crippen LogP contribution in [0.15, 0.2) is 62.8 Å². The van der Waals surface area contributed by atoms with Crippen molar-refractivity contribution < 1.29 is 14.6 Å². The van der Waals surface area contributed by atoms with Crippen LogP contribution in [0.1, 0.15) is 5.56 Å². The van der Waals surface area contributed by atoms with Crippen molar-refractivity contribution in [2.24, 2.45) is 5.10 Å². The largest absolute Gasteiger partial charge is 0.508 e. The first-order valence-corrected chi connectivity index (χ1v) is 8.85. The number of phenolic OH excluding ortho intramolecular Hbond substituents is 2. The molecule has 4 rings (SSSR count). The number of rotatable bonds is 3. The van der Waals surface area contributed by atoms with E-state index in [1.54, 1.807) is 36.4 Å². The Labute approximate surface area is 168 Å². The van der Waals surface area contributed by atoms with Gasteiger partial charge in [-0.25, -0.2) is 0 Å². The standard InChI is InChI=1S/C20H12Cl2N2O4/c21-11-4-5-14(22)15(6-11)24-23-9-10-2-1-3-13-19(27)18-16(26)7-12(25)8-17(18)28-20(10)13/h1-9,24-26H/b23-9+. The van der Waals surface area contributed by atoms with Crippen molar-refractivity contribution >= 4 is 57.0 Å². The van der Waals surface area contributed by atoms with Gasteiger partial charge in [-0.05, 0) is 30.3 Å². The van der Waals surface area contributed by atoms with Crippen molar-refractivity contribution in [1.82, 2.24) is 0 Å². The molecule has 0 unspecified atom stereocenters. The Hall–Kier alpha value is -3.22. The molecule has 3 aromatic carbocycles. The molecular weight excluding hydrogens is 403 g/mol. The Morgan fingerprint density at radius 2 is 1.89 bits per heavy atom. The summed E-state index contributed by atoms with van der Waals surface area (Å²) in [6.07, 6.45) is 1.47. The van der Waals surface area contributed by atoms with Gasteiger partial charge in [0.2, 0.25) is 5.43 Å². The molecule has 0 spiro atoms. The van der Waals surface area contributed by atoms with Gasteiger partial charge in [-0.3, -0.25) is 10.2 Å². The number of hydrogen-bond acceptors (Lipinski definition) is 6. The minimum Gasteiger partial charge on any atom is -0.508 e. The molecule has 8 heteroatoms. The van der Waals surface area contributed by atoms with Crippen LogP contribution in [0.5, 0.6) is 11.5 Å². The van der Waals surface area contributed by atoms with Crippen molar-refractivity contribution in [3.63, 3.8) is 0 Å². The smallest absolute Gasteiger partial charge is 0.204 e. The fourth-order valence-corrected chi connectivity index (χ4v) is 3.18. The highest BCUT2D eigenvalue weighted by Gasteiger charge is 2.14. The van der Waals surface area contributed by atoms with Crippen LogP contribution >= 0.6 is 23.2 Å². The molecule has 0 saturated heterocycles. The van der Waals surface area contributed by atoms with Gasteiger partial charge in [0.1, 0.15) is 28.1 Å². The average Bonchev–Trinajstić information content (AvgIpc) is 2.64. The van der Waals surface area contributed by atoms with Crippen LogP contribution in [0, 0.1) is 0 Å². The summed E-state index contributed by atoms with van der Waals surface area (Å²) in [7, 11) is 0. The van der Waals surface area contributed by atoms with E-state index in [0.29, 0.717) is 21.3 Å². The summed E-state index contributed by atoms with van der Waals surface area (Å²) < 4.78 is 5.78. The van der Waals surface area contributed by atoms with E-state index in [9.17, 15) is 15.0 Å². The molecule has 6 nitrogen and oxygen atoms in total. The summed E-state index contributed by atoms with van der Waals surface area (Å²) in [5.41, 5.74) is 3.76. The van der Waals surface area contributed by atoms with Crippen molar-refractivity contribution in [2.45, 2.75) is 0 Å². The van der Waals surface area contributed by atoms with Gasteiger partial charge in [0.15, 0.2) is 0 Å². The third-order valence-electron chi connectivity index (χ3n) is 4.11. The zero-order valence-electron chi connectivity index (χ0n) is 14.1. The topological polar surface area (TPSA) is 95.1 Å². The number of aromatic hydroxyl groups is 2. The van der Waals surface area contributed by atoms with Crippen molar-refractivity contribution in [3.8, 4) is 11.5 Å². The molecule has 0 fully saturated rings. The van der Waals surface area contributed by atoms with E-state index < -0.39 is 5.43 Å². The second-order valence-electron chi connectivity index (χ2n) is 5.99. The molecule has 0 aliphatic carbocycles. The zero-order valence-corrected chi connectivity index (χ0v) is 15.6. The number of hydrogen-bond donors (Lipinski definition) is 3. The van der Waals surface area contributed by atoms with Gasteiger partial charge in [0, 0.05) is 22.7 Å². The zero-order chi connectivity index (χ0) is 19.8. The molecule has 0 amide bonds. The Balaban J connectivity index is 1.81. The number of nitrogens with one attached hydrogen (secondary N) is 1. The molecule has 1 aromatic heterocycles. The third-order valence-corrected chi connectivity index (χ3v) is 4.68. The molecule has 0 radical (unpaired) electrons. The monoisotopic (exact) mass is 414 g/mol. The molecule has 0 bridgehead atoms. The van der Waals surface area contributed by atoms with E-state index >= 15 is 0 Å². The van der Waals surface area contributed by atoms with Crippen LogP contribution in [-0.2, 0) is 0 Å². The third kappa shape index (κ3) is 3.24. The highest BCUT2D eigenvalue weighted by molar-refractivity contribution is 6.35. The van der Waals surface area contributed by atoms with Gasteiger partial charge in [-0.1, -0.05) is 29.3 Å². The molecule has 0 aliphatic heterocycles. The second kappa shape index (κ2) is 7.07. The number of anilines is 1. The highest BCUT2D eigenvalue weighted by Crippen LogP contribution is 2.30. The fourth-order valence-electron chi connectivity index (χ4n) is 2.84. The first-order chi connectivity index (χ1) is 13.4. The SMILES string of the molecule is O=c1c2cccc(/C=N/Nc3cc(Cl)ccc3Cl)c2oc2cc(O)cc(O)c12.